The highest BCUT2D eigenvalue weighted by Gasteiger charge is 2.48. The number of hydrogen-bond acceptors (Lipinski definition) is 4. The third-order valence-corrected chi connectivity index (χ3v) is 8.44. The SMILES string of the molecule is O=C1N(Cc2ccccc2-c2ccccc2)CCC12CCN(c1nc3ccccc3s1)CC2. The fraction of sp³-hybridized carbons (Fsp3) is 0.286. The number of nitrogens with zero attached hydrogens (tertiary/aromatic N) is 3. The Kier molecular flexibility index (Phi) is 5.14. The van der Waals surface area contributed by atoms with E-state index in [1.165, 1.54) is 21.4 Å². The monoisotopic (exact) mass is 453 g/mol. The second kappa shape index (κ2) is 8.31. The first-order chi connectivity index (χ1) is 16.2. The summed E-state index contributed by atoms with van der Waals surface area (Å²) >= 11 is 1.76. The van der Waals surface area contributed by atoms with E-state index in [4.69, 9.17) is 4.98 Å². The van der Waals surface area contributed by atoms with Gasteiger partial charge in [0.15, 0.2) is 5.13 Å². The van der Waals surface area contributed by atoms with Crippen molar-refractivity contribution in [2.45, 2.75) is 25.8 Å². The predicted octanol–water partition coefficient (Wildman–Crippen LogP) is 5.98. The number of amides is 1. The van der Waals surface area contributed by atoms with Crippen LogP contribution >= 0.6 is 11.3 Å². The lowest BCUT2D eigenvalue weighted by Gasteiger charge is -2.37. The molecule has 1 spiro atoms. The average Bonchev–Trinajstić information content (AvgIpc) is 3.43. The number of carbonyl (C=O) groups excluding carboxylic acids is 1. The Morgan fingerprint density at radius 2 is 1.52 bits per heavy atom. The molecule has 3 aromatic carbocycles. The van der Waals surface area contributed by atoms with Crippen molar-refractivity contribution in [3.63, 3.8) is 0 Å². The molecule has 2 aliphatic rings. The molecule has 2 fully saturated rings. The van der Waals surface area contributed by atoms with E-state index in [9.17, 15) is 4.79 Å². The van der Waals surface area contributed by atoms with Gasteiger partial charge in [0.1, 0.15) is 0 Å². The first-order valence-electron chi connectivity index (χ1n) is 11.8. The maximum Gasteiger partial charge on any atom is 0.229 e. The zero-order chi connectivity index (χ0) is 22.3. The summed E-state index contributed by atoms with van der Waals surface area (Å²) in [6.07, 6.45) is 2.80. The quantitative estimate of drug-likeness (QED) is 0.381. The highest BCUT2D eigenvalue weighted by atomic mass is 32.1. The van der Waals surface area contributed by atoms with Crippen LogP contribution in [0.1, 0.15) is 24.8 Å². The van der Waals surface area contributed by atoms with Crippen LogP contribution in [0.25, 0.3) is 21.3 Å². The Bertz CT molecular complexity index is 1260. The number of hydrogen-bond donors (Lipinski definition) is 0. The molecule has 1 amide bonds. The summed E-state index contributed by atoms with van der Waals surface area (Å²) in [6, 6.07) is 27.3. The number of rotatable bonds is 4. The van der Waals surface area contributed by atoms with Gasteiger partial charge < -0.3 is 9.80 Å². The van der Waals surface area contributed by atoms with Gasteiger partial charge in [-0.25, -0.2) is 4.98 Å². The van der Waals surface area contributed by atoms with E-state index >= 15 is 0 Å². The molecule has 4 nitrogen and oxygen atoms in total. The van der Waals surface area contributed by atoms with Gasteiger partial charge in [0.2, 0.25) is 5.91 Å². The van der Waals surface area contributed by atoms with Crippen molar-refractivity contribution in [2.24, 2.45) is 5.41 Å². The van der Waals surface area contributed by atoms with Crippen LogP contribution in [-0.4, -0.2) is 35.4 Å². The summed E-state index contributed by atoms with van der Waals surface area (Å²) in [5.41, 5.74) is 4.52. The molecule has 166 valence electrons. The third-order valence-electron chi connectivity index (χ3n) is 7.34. The van der Waals surface area contributed by atoms with Crippen molar-refractivity contribution < 1.29 is 4.79 Å². The second-order valence-electron chi connectivity index (χ2n) is 9.23. The standard InChI is InChI=1S/C28H27N3OS/c32-26-28(14-17-30(18-15-28)27-29-24-12-6-7-13-25(24)33-27)16-19-31(26)20-22-10-4-5-11-23(22)21-8-2-1-3-9-21/h1-13H,14-20H2. The number of para-hydroxylation sites is 1. The fourth-order valence-corrected chi connectivity index (χ4v) is 6.41. The molecule has 6 rings (SSSR count). The number of anilines is 1. The van der Waals surface area contributed by atoms with E-state index in [1.54, 1.807) is 11.3 Å². The van der Waals surface area contributed by atoms with Crippen LogP contribution < -0.4 is 4.90 Å². The van der Waals surface area contributed by atoms with Gasteiger partial charge in [-0.1, -0.05) is 78.1 Å². The number of carbonyl (C=O) groups is 1. The topological polar surface area (TPSA) is 36.4 Å². The molecule has 0 aliphatic carbocycles. The zero-order valence-electron chi connectivity index (χ0n) is 18.6. The molecule has 4 aromatic rings. The van der Waals surface area contributed by atoms with E-state index in [0.717, 1.165) is 49.5 Å². The highest BCUT2D eigenvalue weighted by Crippen LogP contribution is 2.44. The van der Waals surface area contributed by atoms with Gasteiger partial charge >= 0.3 is 0 Å². The molecule has 0 bridgehead atoms. The third kappa shape index (κ3) is 3.70. The van der Waals surface area contributed by atoms with Crippen LogP contribution in [-0.2, 0) is 11.3 Å². The Morgan fingerprint density at radius 3 is 2.33 bits per heavy atom. The summed E-state index contributed by atoms with van der Waals surface area (Å²) < 4.78 is 1.23. The summed E-state index contributed by atoms with van der Waals surface area (Å²) in [7, 11) is 0. The average molecular weight is 454 g/mol. The Hall–Kier alpha value is -3.18. The summed E-state index contributed by atoms with van der Waals surface area (Å²) in [4.78, 5) is 22.9. The molecule has 2 saturated heterocycles. The largest absolute Gasteiger partial charge is 0.348 e. The molecule has 0 radical (unpaired) electrons. The minimum absolute atomic E-state index is 0.200. The molecule has 0 atom stereocenters. The van der Waals surface area contributed by atoms with Gasteiger partial charge in [0.05, 0.1) is 15.6 Å². The molecule has 0 saturated carbocycles. The van der Waals surface area contributed by atoms with Crippen LogP contribution in [0.4, 0.5) is 5.13 Å². The number of fused-ring (bicyclic) bond motifs is 1. The maximum atomic E-state index is 13.6. The Morgan fingerprint density at radius 1 is 0.818 bits per heavy atom. The van der Waals surface area contributed by atoms with E-state index < -0.39 is 0 Å². The van der Waals surface area contributed by atoms with E-state index in [1.807, 2.05) is 12.1 Å². The molecule has 5 heteroatoms. The lowest BCUT2D eigenvalue weighted by molar-refractivity contribution is -0.137. The number of aromatic nitrogens is 1. The zero-order valence-corrected chi connectivity index (χ0v) is 19.4. The molecule has 3 heterocycles. The number of likely N-dealkylation sites (tertiary alicyclic amines) is 1. The van der Waals surface area contributed by atoms with Crippen molar-refractivity contribution in [2.75, 3.05) is 24.5 Å². The molecule has 33 heavy (non-hydrogen) atoms. The maximum absolute atomic E-state index is 13.6. The van der Waals surface area contributed by atoms with Gasteiger partial charge in [0.25, 0.3) is 0 Å². The van der Waals surface area contributed by atoms with Crippen molar-refractivity contribution >= 4 is 32.6 Å². The van der Waals surface area contributed by atoms with E-state index in [0.29, 0.717) is 12.5 Å². The van der Waals surface area contributed by atoms with Crippen LogP contribution in [0.3, 0.4) is 0 Å². The molecular weight excluding hydrogens is 426 g/mol. The van der Waals surface area contributed by atoms with Gasteiger partial charge in [-0.2, -0.15) is 0 Å². The number of thiazole rings is 1. The summed E-state index contributed by atoms with van der Waals surface area (Å²) in [6.45, 7) is 3.34. The molecule has 2 aliphatic heterocycles. The lowest BCUT2D eigenvalue weighted by atomic mass is 9.77. The first kappa shape index (κ1) is 20.4. The fourth-order valence-electron chi connectivity index (χ4n) is 5.39. The molecule has 1 aromatic heterocycles. The van der Waals surface area contributed by atoms with Crippen LogP contribution in [0.5, 0.6) is 0 Å². The minimum Gasteiger partial charge on any atom is -0.348 e. The van der Waals surface area contributed by atoms with E-state index in [2.05, 4.69) is 76.5 Å². The number of piperidine rings is 1. The molecule has 0 N–H and O–H groups in total. The summed E-state index contributed by atoms with van der Waals surface area (Å²) in [5, 5.41) is 1.09. The highest BCUT2D eigenvalue weighted by molar-refractivity contribution is 7.22. The molecule has 0 unspecified atom stereocenters. The van der Waals surface area contributed by atoms with Crippen molar-refractivity contribution in [1.82, 2.24) is 9.88 Å². The lowest BCUT2D eigenvalue weighted by Crippen LogP contribution is -2.44. The van der Waals surface area contributed by atoms with Crippen molar-refractivity contribution in [3.8, 4) is 11.1 Å². The van der Waals surface area contributed by atoms with E-state index in [-0.39, 0.29) is 5.41 Å². The Balaban J connectivity index is 1.16. The first-order valence-corrected chi connectivity index (χ1v) is 12.6. The number of benzene rings is 3. The predicted molar refractivity (Wildman–Crippen MR) is 135 cm³/mol. The van der Waals surface area contributed by atoms with Crippen LogP contribution in [0.15, 0.2) is 78.9 Å². The second-order valence-corrected chi connectivity index (χ2v) is 10.2. The van der Waals surface area contributed by atoms with Crippen LogP contribution in [0.2, 0.25) is 0 Å². The van der Waals surface area contributed by atoms with Gasteiger partial charge in [0, 0.05) is 26.2 Å². The van der Waals surface area contributed by atoms with Crippen LogP contribution in [0, 0.1) is 5.41 Å². The van der Waals surface area contributed by atoms with Gasteiger partial charge in [-0.3, -0.25) is 4.79 Å². The van der Waals surface area contributed by atoms with Crippen molar-refractivity contribution in [1.29, 1.82) is 0 Å². The normalized spacial score (nSPS) is 17.9. The molecular formula is C28H27N3OS. The smallest absolute Gasteiger partial charge is 0.229 e. The minimum atomic E-state index is -0.200. The van der Waals surface area contributed by atoms with Gasteiger partial charge in [-0.05, 0) is 48.1 Å². The van der Waals surface area contributed by atoms with Gasteiger partial charge in [-0.15, -0.1) is 0 Å². The Labute approximate surface area is 198 Å². The summed E-state index contributed by atoms with van der Waals surface area (Å²) in [5.74, 6) is 0.342. The van der Waals surface area contributed by atoms with Crippen molar-refractivity contribution in [3.05, 3.63) is 84.4 Å².